The number of carbonyl (C=O) groups is 1. The summed E-state index contributed by atoms with van der Waals surface area (Å²) >= 11 is -2.40. The van der Waals surface area contributed by atoms with Crippen molar-refractivity contribution in [1.29, 1.82) is 0 Å². The topological polar surface area (TPSA) is 65.8 Å². The molecule has 2 N–H and O–H groups in total. The second kappa shape index (κ2) is 8.29. The number of rotatable bonds is 6. The van der Waals surface area contributed by atoms with Gasteiger partial charge in [-0.05, 0) is 0 Å². The third kappa shape index (κ3) is 4.16. The number of aliphatic imine (C=N–C) groups is 1. The molecule has 0 bridgehead atoms. The number of nitrogens with one attached hydrogen (secondary N) is 2. The molecule has 2 aromatic carbocycles. The Balaban J connectivity index is 1.48. The first kappa shape index (κ1) is 20.7. The Bertz CT molecular complexity index is 1070. The van der Waals surface area contributed by atoms with Crippen molar-refractivity contribution in [2.75, 3.05) is 11.9 Å². The fourth-order valence-corrected chi connectivity index (χ4v) is 6.65. The first-order chi connectivity index (χ1) is 14.4. The van der Waals surface area contributed by atoms with Crippen molar-refractivity contribution >= 4 is 39.2 Å². The average molecular weight is 518 g/mol. The number of benzene rings is 2. The number of nitrogens with zero attached hydrogens (tertiary/aromatic N) is 2. The maximum absolute atomic E-state index is 13.8. The summed E-state index contributed by atoms with van der Waals surface area (Å²) in [5.41, 5.74) is 3.38. The molecule has 2 aliphatic rings. The molecule has 0 aromatic heterocycles. The molecule has 0 radical (unpaired) electrons. The summed E-state index contributed by atoms with van der Waals surface area (Å²) in [7, 11) is 0. The van der Waals surface area contributed by atoms with E-state index in [0.717, 1.165) is 12.0 Å². The summed E-state index contributed by atoms with van der Waals surface area (Å²) in [6.45, 7) is 6.94. The van der Waals surface area contributed by atoms with E-state index in [1.54, 1.807) is 24.3 Å². The molecule has 0 unspecified atom stereocenters. The number of allylic oxidation sites excluding steroid dienone is 1. The first-order valence-corrected chi connectivity index (χ1v) is 13.0. The van der Waals surface area contributed by atoms with Gasteiger partial charge in [-0.15, -0.1) is 0 Å². The van der Waals surface area contributed by atoms with E-state index in [0.29, 0.717) is 27.6 Å². The molecule has 0 fully saturated rings. The third-order valence-electron chi connectivity index (χ3n) is 5.42. The average Bonchev–Trinajstić information content (AvgIpc) is 3.18. The van der Waals surface area contributed by atoms with Gasteiger partial charge in [0.1, 0.15) is 0 Å². The number of fused-ring (bicyclic) bond motifs is 1. The second-order valence-corrected chi connectivity index (χ2v) is 11.9. The quantitative estimate of drug-likeness (QED) is 0.315. The monoisotopic (exact) mass is 518 g/mol. The standard InChI is InChI=1S/C23H24FIN4O/c1-4-23(2,3)16-11-9-15(10-12-16)21-28-22-25(29-21)20(30)13-17(27-22)14-26-19-8-6-5-7-18(19)24/h5-13,26H,4,14H2,1-3H3,(H,27,28,29). The van der Waals surface area contributed by atoms with Crippen LogP contribution >= 0.6 is 20.1 Å². The van der Waals surface area contributed by atoms with Crippen LogP contribution in [0.15, 0.2) is 68.5 Å². The predicted octanol–water partition coefficient (Wildman–Crippen LogP) is 5.18. The van der Waals surface area contributed by atoms with Gasteiger partial charge in [0.25, 0.3) is 0 Å². The molecule has 4 rings (SSSR count). The summed E-state index contributed by atoms with van der Waals surface area (Å²) in [6, 6.07) is 14.8. The van der Waals surface area contributed by atoms with Gasteiger partial charge in [-0.2, -0.15) is 0 Å². The van der Waals surface area contributed by atoms with Gasteiger partial charge in [-0.25, -0.2) is 0 Å². The molecule has 0 saturated carbocycles. The Kier molecular flexibility index (Phi) is 5.73. The van der Waals surface area contributed by atoms with Gasteiger partial charge >= 0.3 is 184 Å². The summed E-state index contributed by atoms with van der Waals surface area (Å²) in [5, 5.41) is 6.26. The van der Waals surface area contributed by atoms with E-state index in [9.17, 15) is 9.18 Å². The van der Waals surface area contributed by atoms with Crippen LogP contribution in [0, 0.1) is 5.82 Å². The van der Waals surface area contributed by atoms with E-state index in [1.165, 1.54) is 11.6 Å². The van der Waals surface area contributed by atoms with Crippen LogP contribution < -0.4 is 10.6 Å². The number of carbonyl (C=O) groups excluding carboxylic acids is 1. The van der Waals surface area contributed by atoms with Gasteiger partial charge in [0.2, 0.25) is 0 Å². The van der Waals surface area contributed by atoms with E-state index >= 15 is 0 Å². The van der Waals surface area contributed by atoms with Gasteiger partial charge in [0.15, 0.2) is 0 Å². The molecule has 0 amide bonds. The molecule has 5 nitrogen and oxygen atoms in total. The van der Waals surface area contributed by atoms with E-state index in [4.69, 9.17) is 0 Å². The SMILES string of the molecule is CCC(C)(C)c1ccc(C2=NI3C(=O)C=C(CNc4ccccc4F)NC3=N2)cc1. The molecule has 2 aliphatic heterocycles. The Morgan fingerprint density at radius 1 is 1.13 bits per heavy atom. The Morgan fingerprint density at radius 2 is 1.87 bits per heavy atom. The van der Waals surface area contributed by atoms with Crippen LogP contribution in [0.5, 0.6) is 0 Å². The van der Waals surface area contributed by atoms with Crippen molar-refractivity contribution in [3.63, 3.8) is 0 Å². The molecule has 7 heteroatoms. The molecule has 0 spiro atoms. The van der Waals surface area contributed by atoms with E-state index in [-0.39, 0.29) is 15.0 Å². The van der Waals surface area contributed by atoms with Crippen LogP contribution in [0.4, 0.5) is 10.1 Å². The van der Waals surface area contributed by atoms with Crippen molar-refractivity contribution in [1.82, 2.24) is 5.32 Å². The molecule has 156 valence electrons. The minimum atomic E-state index is -2.40. The molecule has 0 atom stereocenters. The van der Waals surface area contributed by atoms with Gasteiger partial charge in [0, 0.05) is 0 Å². The van der Waals surface area contributed by atoms with Crippen LogP contribution in [0.1, 0.15) is 38.3 Å². The third-order valence-corrected chi connectivity index (χ3v) is 9.15. The number of halogens is 2. The molecule has 0 saturated heterocycles. The fourth-order valence-electron chi connectivity index (χ4n) is 3.11. The molecule has 2 heterocycles. The number of para-hydroxylation sites is 1. The van der Waals surface area contributed by atoms with Crippen LogP contribution in [0.3, 0.4) is 0 Å². The van der Waals surface area contributed by atoms with Crippen molar-refractivity contribution in [3.05, 3.63) is 77.2 Å². The predicted molar refractivity (Wildman–Crippen MR) is 129 cm³/mol. The van der Waals surface area contributed by atoms with Gasteiger partial charge in [-0.3, -0.25) is 0 Å². The minimum absolute atomic E-state index is 0.0285. The second-order valence-electron chi connectivity index (χ2n) is 7.82. The zero-order valence-electron chi connectivity index (χ0n) is 17.2. The van der Waals surface area contributed by atoms with Crippen LogP contribution in [0.2, 0.25) is 0 Å². The fraction of sp³-hybridized carbons (Fsp3) is 0.261. The summed E-state index contributed by atoms with van der Waals surface area (Å²) in [4.78, 5) is 17.3. The molecule has 2 aromatic rings. The Hall–Kier alpha value is -2.55. The van der Waals surface area contributed by atoms with E-state index in [2.05, 4.69) is 51.7 Å². The molecule has 0 aliphatic carbocycles. The van der Waals surface area contributed by atoms with Crippen molar-refractivity contribution in [3.8, 4) is 0 Å². The zero-order valence-corrected chi connectivity index (χ0v) is 19.3. The molecular weight excluding hydrogens is 494 g/mol. The number of anilines is 1. The maximum atomic E-state index is 13.8. The van der Waals surface area contributed by atoms with Gasteiger partial charge in [0.05, 0.1) is 0 Å². The van der Waals surface area contributed by atoms with Crippen molar-refractivity contribution in [2.45, 2.75) is 32.6 Å². The van der Waals surface area contributed by atoms with Crippen LogP contribution in [-0.4, -0.2) is 20.0 Å². The van der Waals surface area contributed by atoms with Crippen molar-refractivity contribution < 1.29 is 9.18 Å². The van der Waals surface area contributed by atoms with E-state index in [1.807, 2.05) is 12.1 Å². The number of hydrogen-bond acceptors (Lipinski definition) is 5. The molecular formula is C23H24FIN4O. The van der Waals surface area contributed by atoms with Gasteiger partial charge in [-0.1, -0.05) is 0 Å². The normalized spacial score (nSPS) is 17.0. The Labute approximate surface area is 183 Å². The first-order valence-electron chi connectivity index (χ1n) is 9.85. The number of hydrogen-bond donors (Lipinski definition) is 2. The summed E-state index contributed by atoms with van der Waals surface area (Å²) in [5.74, 6) is 0.292. The van der Waals surface area contributed by atoms with Crippen LogP contribution in [0.25, 0.3) is 0 Å². The van der Waals surface area contributed by atoms with Crippen molar-refractivity contribution in [2.24, 2.45) is 8.20 Å². The Morgan fingerprint density at radius 3 is 2.57 bits per heavy atom. The van der Waals surface area contributed by atoms with E-state index < -0.39 is 20.1 Å². The zero-order chi connectivity index (χ0) is 21.3. The number of amidine groups is 2. The summed E-state index contributed by atoms with van der Waals surface area (Å²) in [6.07, 6.45) is 2.64. The molecule has 30 heavy (non-hydrogen) atoms. The van der Waals surface area contributed by atoms with Crippen LogP contribution in [-0.2, 0) is 10.2 Å². The summed E-state index contributed by atoms with van der Waals surface area (Å²) < 4.78 is 19.2. The van der Waals surface area contributed by atoms with Gasteiger partial charge < -0.3 is 0 Å².